The molecule has 0 saturated carbocycles. The third-order valence-corrected chi connectivity index (χ3v) is 13.3. The zero-order valence-corrected chi connectivity index (χ0v) is 33.6. The summed E-state index contributed by atoms with van der Waals surface area (Å²) in [5.41, 5.74) is -0.0814. The number of hydrogen-bond acceptors (Lipinski definition) is 7. The van der Waals surface area contributed by atoms with Crippen LogP contribution in [0.15, 0.2) is 64.4 Å². The van der Waals surface area contributed by atoms with Crippen LogP contribution >= 0.6 is 11.8 Å². The van der Waals surface area contributed by atoms with Crippen LogP contribution in [0.5, 0.6) is 0 Å². The minimum atomic E-state index is -4.60. The van der Waals surface area contributed by atoms with Gasteiger partial charge in [0.25, 0.3) is 20.2 Å². The van der Waals surface area contributed by atoms with E-state index in [4.69, 9.17) is 5.11 Å². The van der Waals surface area contributed by atoms with Gasteiger partial charge >= 0.3 is 5.97 Å². The topological polar surface area (TPSA) is 152 Å². The molecule has 1 atom stereocenters. The van der Waals surface area contributed by atoms with Crippen LogP contribution in [0.1, 0.15) is 73.4 Å². The lowest BCUT2D eigenvalue weighted by Gasteiger charge is -2.37. The highest BCUT2D eigenvalue weighted by Crippen LogP contribution is 2.45. The van der Waals surface area contributed by atoms with Gasteiger partial charge in [-0.05, 0) is 66.1 Å². The maximum atomic E-state index is 16.4. The first-order valence-electron chi connectivity index (χ1n) is 17.2. The van der Waals surface area contributed by atoms with E-state index in [1.165, 1.54) is 24.3 Å². The number of carboxylic acids is 1. The molecule has 0 fully saturated rings. The predicted octanol–water partition coefficient (Wildman–Crippen LogP) is 5.46. The van der Waals surface area contributed by atoms with Crippen LogP contribution in [-0.4, -0.2) is 68.2 Å². The fourth-order valence-electron chi connectivity index (χ4n) is 7.89. The van der Waals surface area contributed by atoms with E-state index in [-0.39, 0.29) is 46.0 Å². The third-order valence-electron chi connectivity index (χ3n) is 10.6. The van der Waals surface area contributed by atoms with Crippen molar-refractivity contribution in [3.05, 3.63) is 122 Å². The lowest BCUT2D eigenvalue weighted by molar-refractivity contribution is -0.133. The second-order valence-corrected chi connectivity index (χ2v) is 19.3. The summed E-state index contributed by atoms with van der Waals surface area (Å²) in [5, 5.41) is 9.74. The van der Waals surface area contributed by atoms with Gasteiger partial charge in [-0.15, -0.1) is 11.8 Å². The Labute approximate surface area is 325 Å². The van der Waals surface area contributed by atoms with Crippen LogP contribution in [0.2, 0.25) is 0 Å². The van der Waals surface area contributed by atoms with Gasteiger partial charge in [-0.2, -0.15) is 16.8 Å². The Bertz CT molecular complexity index is 2650. The molecule has 0 spiro atoms. The molecule has 17 heteroatoms. The van der Waals surface area contributed by atoms with Crippen molar-refractivity contribution in [2.24, 2.45) is 0 Å². The van der Waals surface area contributed by atoms with E-state index < -0.39 is 88.3 Å². The van der Waals surface area contributed by atoms with Crippen molar-refractivity contribution < 1.29 is 53.4 Å². The van der Waals surface area contributed by atoms with Crippen molar-refractivity contribution in [1.82, 2.24) is 4.58 Å². The summed E-state index contributed by atoms with van der Waals surface area (Å²) in [4.78, 5) is 11.5. The van der Waals surface area contributed by atoms with Gasteiger partial charge in [0.2, 0.25) is 5.36 Å². The van der Waals surface area contributed by atoms with E-state index in [1.54, 1.807) is 44.4 Å². The molecule has 56 heavy (non-hydrogen) atoms. The second-order valence-electron chi connectivity index (χ2n) is 15.4. The molecule has 4 aromatic carbocycles. The van der Waals surface area contributed by atoms with Crippen LogP contribution in [0, 0.1) is 23.3 Å². The van der Waals surface area contributed by atoms with Crippen LogP contribution in [0.3, 0.4) is 0 Å². The molecule has 1 heterocycles. The molecule has 1 aliphatic heterocycles. The Morgan fingerprint density at radius 2 is 1.48 bits per heavy atom. The number of anilines is 1. The van der Waals surface area contributed by atoms with E-state index in [9.17, 15) is 30.7 Å². The van der Waals surface area contributed by atoms with E-state index in [0.29, 0.717) is 33.3 Å². The van der Waals surface area contributed by atoms with Gasteiger partial charge in [0, 0.05) is 60.3 Å². The zero-order chi connectivity index (χ0) is 41.4. The van der Waals surface area contributed by atoms with E-state index in [0.717, 1.165) is 0 Å². The van der Waals surface area contributed by atoms with E-state index >= 15 is 17.6 Å². The molecular weight excluding hydrogens is 797 g/mol. The first-order valence-corrected chi connectivity index (χ1v) is 21.2. The Balaban J connectivity index is 1.78. The molecule has 1 unspecified atom stereocenters. The van der Waals surface area contributed by atoms with E-state index in [2.05, 4.69) is 0 Å². The molecule has 4 aromatic rings. The van der Waals surface area contributed by atoms with Crippen molar-refractivity contribution in [2.45, 2.75) is 67.3 Å². The van der Waals surface area contributed by atoms with Gasteiger partial charge in [0.15, 0.2) is 35.4 Å². The Morgan fingerprint density at radius 3 is 2.02 bits per heavy atom. The highest BCUT2D eigenvalue weighted by Gasteiger charge is 2.44. The minimum absolute atomic E-state index is 0.0957. The molecule has 2 aliphatic rings. The average molecular weight is 836 g/mol. The molecule has 0 amide bonds. The standard InChI is InChI=1S/C39H38F4N2O8S3/c1-38(2)16-21(19-55(48,49)50)25-14-26-28(15-29(25)45(38)17-20-7-10-23(11-8-20)56(51,52)53)39(3,4)27-13-22(44(5)6)9-12-24(27)31(26)32-33(40)35(42)37(36(43)34(32)41)54-18-30(46)47/h7-15,21H,16-19H2,1-6H3,(H2-,46,47,48,49,50,51,52,53)/p+1. The molecule has 298 valence electrons. The molecule has 3 N–H and O–H groups in total. The normalized spacial score (nSPS) is 17.2. The van der Waals surface area contributed by atoms with Gasteiger partial charge in [-0.25, -0.2) is 22.1 Å². The Morgan fingerprint density at radius 1 is 0.875 bits per heavy atom. The number of fused-ring (bicyclic) bond motifs is 3. The number of nitrogens with zero attached hydrogens (tertiary/aromatic N) is 2. The summed E-state index contributed by atoms with van der Waals surface area (Å²) in [6.45, 7) is 7.61. The van der Waals surface area contributed by atoms with E-state index in [1.807, 2.05) is 37.2 Å². The monoisotopic (exact) mass is 835 g/mol. The number of thioether (sulfide) groups is 1. The minimum Gasteiger partial charge on any atom is -0.481 e. The summed E-state index contributed by atoms with van der Waals surface area (Å²) >= 11 is 0.0957. The maximum absolute atomic E-state index is 16.4. The largest absolute Gasteiger partial charge is 0.481 e. The quantitative estimate of drug-likeness (QED) is 0.0618. The number of hydrogen-bond donors (Lipinski definition) is 3. The maximum Gasteiger partial charge on any atom is 0.313 e. The van der Waals surface area contributed by atoms with Gasteiger partial charge in [0.05, 0.1) is 26.9 Å². The average Bonchev–Trinajstić information content (AvgIpc) is 3.08. The number of halogens is 4. The number of benzene rings is 4. The first kappa shape index (κ1) is 41.3. The smallest absolute Gasteiger partial charge is 0.313 e. The van der Waals surface area contributed by atoms with Crippen LogP contribution in [0.25, 0.3) is 5.57 Å². The van der Waals surface area contributed by atoms with Gasteiger partial charge in [-0.3, -0.25) is 13.9 Å². The van der Waals surface area contributed by atoms with Crippen LogP contribution in [0.4, 0.5) is 23.2 Å². The van der Waals surface area contributed by atoms with Crippen molar-refractivity contribution in [1.29, 1.82) is 0 Å². The number of carbonyl (C=O) groups is 1. The third kappa shape index (κ3) is 7.46. The van der Waals surface area contributed by atoms with Gasteiger partial charge < -0.3 is 10.0 Å². The molecule has 10 nitrogen and oxygen atoms in total. The summed E-state index contributed by atoms with van der Waals surface area (Å²) in [5.74, 6) is -11.0. The first-order chi connectivity index (χ1) is 25.8. The highest BCUT2D eigenvalue weighted by molar-refractivity contribution is 8.00. The summed E-state index contributed by atoms with van der Waals surface area (Å²) in [7, 11) is -5.49. The summed E-state index contributed by atoms with van der Waals surface area (Å²) < 4.78 is 134. The molecule has 0 radical (unpaired) electrons. The zero-order valence-electron chi connectivity index (χ0n) is 31.1. The number of aliphatic carboxylic acids is 1. The molecular formula is C39H39F4N2O8S3+. The van der Waals surface area contributed by atoms with Crippen molar-refractivity contribution >= 4 is 49.2 Å². The van der Waals surface area contributed by atoms with Crippen LogP contribution < -0.4 is 20.1 Å². The number of carboxylic acid groups (broad SMARTS) is 1. The lowest BCUT2D eigenvalue weighted by atomic mass is 9.67. The van der Waals surface area contributed by atoms with Crippen molar-refractivity contribution in [3.8, 4) is 0 Å². The molecule has 0 saturated heterocycles. The number of rotatable bonds is 10. The van der Waals surface area contributed by atoms with Crippen molar-refractivity contribution in [2.75, 3.05) is 30.5 Å². The fourth-order valence-corrected chi connectivity index (χ4v) is 9.87. The molecule has 1 aliphatic carbocycles. The Kier molecular flexibility index (Phi) is 10.5. The SMILES string of the molecule is CN(C)c1ccc2c(c1)C(C)(C)c1cc3c(cc1=C2c1c(F)c(F)c(SCC(=O)O)c(F)c1F)C(CS(=O)(=O)O)CC(C)(C)[N+]=3Cc1ccc(S(=O)(=O)O)cc1. The lowest BCUT2D eigenvalue weighted by Crippen LogP contribution is -2.54. The Hall–Kier alpha value is -4.29. The highest BCUT2D eigenvalue weighted by atomic mass is 32.2. The summed E-state index contributed by atoms with van der Waals surface area (Å²) in [6, 6.07) is 13.9. The van der Waals surface area contributed by atoms with Crippen molar-refractivity contribution in [3.63, 3.8) is 0 Å². The molecule has 0 aromatic heterocycles. The fraction of sp³-hybridized carbons (Fsp3) is 0.333. The van der Waals surface area contributed by atoms with Gasteiger partial charge in [-0.1, -0.05) is 32.0 Å². The second kappa shape index (κ2) is 14.3. The predicted molar refractivity (Wildman–Crippen MR) is 204 cm³/mol. The van der Waals surface area contributed by atoms with Gasteiger partial charge in [0.1, 0.15) is 0 Å². The summed E-state index contributed by atoms with van der Waals surface area (Å²) in [6.07, 6.45) is 0.144. The van der Waals surface area contributed by atoms with Crippen LogP contribution in [-0.2, 0) is 37.0 Å². The molecule has 0 bridgehead atoms. The molecule has 6 rings (SSSR count).